The standard InChI is InChI=1S/C26H23BrN2O5/c1-34-23(30)18-10-12-19(13-11-18)28-24(31)26(16-17-6-3-2-4-7-17)21-8-5-9-22(27)20(21)14-15-29(26)25(32)33/h2-13H,14-16H2,1H3,(H,28,31)(H,32,33)/t26-/m0/s1. The highest BCUT2D eigenvalue weighted by Gasteiger charge is 2.51. The largest absolute Gasteiger partial charge is 0.465 e. The molecule has 0 fully saturated rings. The van der Waals surface area contributed by atoms with Crippen LogP contribution in [0.3, 0.4) is 0 Å². The van der Waals surface area contributed by atoms with E-state index in [1.165, 1.54) is 12.0 Å². The fraction of sp³-hybridized carbons (Fsp3) is 0.192. The quantitative estimate of drug-likeness (QED) is 0.467. The highest BCUT2D eigenvalue weighted by Crippen LogP contribution is 2.42. The number of methoxy groups -OCH3 is 1. The summed E-state index contributed by atoms with van der Waals surface area (Å²) in [5.74, 6) is -0.954. The monoisotopic (exact) mass is 522 g/mol. The first kappa shape index (κ1) is 23.5. The van der Waals surface area contributed by atoms with E-state index in [1.807, 2.05) is 48.5 Å². The van der Waals surface area contributed by atoms with Crippen molar-refractivity contribution in [2.75, 3.05) is 19.0 Å². The number of hydrogen-bond donors (Lipinski definition) is 2. The molecule has 0 aromatic heterocycles. The molecule has 1 aliphatic heterocycles. The molecule has 4 rings (SSSR count). The Morgan fingerprint density at radius 3 is 2.38 bits per heavy atom. The van der Waals surface area contributed by atoms with Gasteiger partial charge >= 0.3 is 12.1 Å². The minimum Gasteiger partial charge on any atom is -0.465 e. The summed E-state index contributed by atoms with van der Waals surface area (Å²) in [6, 6.07) is 21.2. The van der Waals surface area contributed by atoms with Gasteiger partial charge in [-0.25, -0.2) is 9.59 Å². The third-order valence-electron chi connectivity index (χ3n) is 6.08. The van der Waals surface area contributed by atoms with E-state index in [2.05, 4.69) is 21.2 Å². The number of nitrogens with one attached hydrogen (secondary N) is 1. The van der Waals surface area contributed by atoms with Gasteiger partial charge in [0.15, 0.2) is 5.54 Å². The van der Waals surface area contributed by atoms with Gasteiger partial charge in [-0.1, -0.05) is 58.4 Å². The van der Waals surface area contributed by atoms with Crippen LogP contribution in [-0.2, 0) is 27.9 Å². The number of carbonyl (C=O) groups excluding carboxylic acids is 2. The van der Waals surface area contributed by atoms with Crippen molar-refractivity contribution in [3.8, 4) is 0 Å². The highest BCUT2D eigenvalue weighted by molar-refractivity contribution is 9.10. The summed E-state index contributed by atoms with van der Waals surface area (Å²) in [6.07, 6.45) is -0.520. The molecule has 3 aromatic rings. The smallest absolute Gasteiger partial charge is 0.408 e. The molecule has 0 radical (unpaired) electrons. The third-order valence-corrected chi connectivity index (χ3v) is 6.83. The van der Waals surface area contributed by atoms with Gasteiger partial charge in [0.05, 0.1) is 12.7 Å². The lowest BCUT2D eigenvalue weighted by Gasteiger charge is -2.46. The molecule has 0 bridgehead atoms. The van der Waals surface area contributed by atoms with Gasteiger partial charge in [-0.05, 0) is 53.4 Å². The van der Waals surface area contributed by atoms with Crippen LogP contribution in [0.25, 0.3) is 0 Å². The van der Waals surface area contributed by atoms with Crippen molar-refractivity contribution in [1.29, 1.82) is 0 Å². The fourth-order valence-electron chi connectivity index (χ4n) is 4.47. The Hall–Kier alpha value is -3.65. The summed E-state index contributed by atoms with van der Waals surface area (Å²) >= 11 is 3.58. The van der Waals surface area contributed by atoms with Gasteiger partial charge < -0.3 is 15.2 Å². The average Bonchev–Trinajstić information content (AvgIpc) is 2.85. The van der Waals surface area contributed by atoms with Crippen molar-refractivity contribution in [2.45, 2.75) is 18.4 Å². The number of hydrogen-bond acceptors (Lipinski definition) is 4. The van der Waals surface area contributed by atoms with E-state index >= 15 is 0 Å². The SMILES string of the molecule is COC(=O)c1ccc(NC(=O)[C@]2(Cc3ccccc3)c3cccc(Br)c3CCN2C(=O)O)cc1. The Bertz CT molecular complexity index is 1230. The van der Waals surface area contributed by atoms with E-state index < -0.39 is 23.5 Å². The molecule has 0 saturated heterocycles. The molecule has 1 aliphatic rings. The van der Waals surface area contributed by atoms with Gasteiger partial charge in [0, 0.05) is 23.1 Å². The third kappa shape index (κ3) is 4.28. The summed E-state index contributed by atoms with van der Waals surface area (Å²) in [4.78, 5) is 39.5. The molecule has 0 spiro atoms. The van der Waals surface area contributed by atoms with Gasteiger partial charge in [0.25, 0.3) is 5.91 Å². The molecule has 174 valence electrons. The van der Waals surface area contributed by atoms with Crippen LogP contribution in [-0.4, -0.2) is 41.6 Å². The maximum Gasteiger partial charge on any atom is 0.408 e. The molecule has 0 saturated carbocycles. The zero-order valence-corrected chi connectivity index (χ0v) is 20.0. The first-order valence-electron chi connectivity index (χ1n) is 10.7. The van der Waals surface area contributed by atoms with Crippen LogP contribution < -0.4 is 5.32 Å². The molecule has 0 aliphatic carbocycles. The molecule has 34 heavy (non-hydrogen) atoms. The number of esters is 1. The topological polar surface area (TPSA) is 95.9 Å². The number of benzene rings is 3. The molecule has 1 atom stereocenters. The summed E-state index contributed by atoms with van der Waals surface area (Å²) in [7, 11) is 1.30. The van der Waals surface area contributed by atoms with Crippen molar-refractivity contribution in [3.63, 3.8) is 0 Å². The van der Waals surface area contributed by atoms with E-state index in [-0.39, 0.29) is 13.0 Å². The Balaban J connectivity index is 1.83. The van der Waals surface area contributed by atoms with Crippen molar-refractivity contribution in [1.82, 2.24) is 4.90 Å². The average molecular weight is 523 g/mol. The molecule has 1 heterocycles. The van der Waals surface area contributed by atoms with Gasteiger partial charge in [0.2, 0.25) is 0 Å². The predicted molar refractivity (Wildman–Crippen MR) is 131 cm³/mol. The van der Waals surface area contributed by atoms with E-state index in [9.17, 15) is 19.5 Å². The lowest BCUT2D eigenvalue weighted by Crippen LogP contribution is -2.60. The minimum absolute atomic E-state index is 0.162. The first-order chi connectivity index (χ1) is 16.4. The van der Waals surface area contributed by atoms with Crippen LogP contribution in [0, 0.1) is 0 Å². The van der Waals surface area contributed by atoms with Crippen molar-refractivity contribution in [2.24, 2.45) is 0 Å². The molecule has 0 unspecified atom stereocenters. The number of nitrogens with zero attached hydrogens (tertiary/aromatic N) is 1. The summed E-state index contributed by atoms with van der Waals surface area (Å²) in [5.41, 5.74) is 1.68. The maximum atomic E-state index is 14.0. The molecule has 3 aromatic carbocycles. The molecule has 2 N–H and O–H groups in total. The number of amides is 2. The van der Waals surface area contributed by atoms with E-state index in [0.717, 1.165) is 15.6 Å². The second-order valence-corrected chi connectivity index (χ2v) is 8.85. The number of ether oxygens (including phenoxy) is 1. The number of halogens is 1. The second-order valence-electron chi connectivity index (χ2n) is 8.00. The summed E-state index contributed by atoms with van der Waals surface area (Å²) in [6.45, 7) is 0.173. The van der Waals surface area contributed by atoms with Crippen LogP contribution >= 0.6 is 15.9 Å². The molecule has 2 amide bonds. The van der Waals surface area contributed by atoms with Gasteiger partial charge in [-0.15, -0.1) is 0 Å². The van der Waals surface area contributed by atoms with E-state index in [4.69, 9.17) is 4.74 Å². The summed E-state index contributed by atoms with van der Waals surface area (Å²) < 4.78 is 5.56. The lowest BCUT2D eigenvalue weighted by atomic mass is 9.75. The summed E-state index contributed by atoms with van der Waals surface area (Å²) in [5, 5.41) is 13.1. The van der Waals surface area contributed by atoms with Crippen molar-refractivity contribution < 1.29 is 24.2 Å². The molecular formula is C26H23BrN2O5. The molecule has 7 nitrogen and oxygen atoms in total. The van der Waals surface area contributed by atoms with Gasteiger partial charge in [-0.3, -0.25) is 9.69 Å². The van der Waals surface area contributed by atoms with Crippen LogP contribution in [0.15, 0.2) is 77.3 Å². The number of fused-ring (bicyclic) bond motifs is 1. The van der Waals surface area contributed by atoms with Crippen LogP contribution in [0.1, 0.15) is 27.0 Å². The van der Waals surface area contributed by atoms with Crippen molar-refractivity contribution in [3.05, 3.63) is 99.5 Å². The maximum absolute atomic E-state index is 14.0. The Morgan fingerprint density at radius 1 is 1.03 bits per heavy atom. The van der Waals surface area contributed by atoms with Gasteiger partial charge in [0.1, 0.15) is 0 Å². The zero-order chi connectivity index (χ0) is 24.3. The number of carboxylic acid groups (broad SMARTS) is 1. The Labute approximate surface area is 205 Å². The number of anilines is 1. The number of rotatable bonds is 5. The Morgan fingerprint density at radius 2 is 1.74 bits per heavy atom. The highest BCUT2D eigenvalue weighted by atomic mass is 79.9. The first-order valence-corrected chi connectivity index (χ1v) is 11.5. The molecule has 8 heteroatoms. The van der Waals surface area contributed by atoms with Gasteiger partial charge in [-0.2, -0.15) is 0 Å². The normalized spacial score (nSPS) is 16.9. The van der Waals surface area contributed by atoms with E-state index in [1.54, 1.807) is 24.3 Å². The van der Waals surface area contributed by atoms with Crippen LogP contribution in [0.5, 0.6) is 0 Å². The second kappa shape index (κ2) is 9.69. The Kier molecular flexibility index (Phi) is 6.70. The van der Waals surface area contributed by atoms with E-state index in [0.29, 0.717) is 23.2 Å². The predicted octanol–water partition coefficient (Wildman–Crippen LogP) is 4.85. The van der Waals surface area contributed by atoms with Crippen LogP contribution in [0.2, 0.25) is 0 Å². The lowest BCUT2D eigenvalue weighted by molar-refractivity contribution is -0.128. The molecular weight excluding hydrogens is 500 g/mol. The minimum atomic E-state index is -1.49. The van der Waals surface area contributed by atoms with Crippen LogP contribution in [0.4, 0.5) is 10.5 Å². The number of carbonyl (C=O) groups is 3. The zero-order valence-electron chi connectivity index (χ0n) is 18.5. The fourth-order valence-corrected chi connectivity index (χ4v) is 5.03. The van der Waals surface area contributed by atoms with Crippen molar-refractivity contribution >= 4 is 39.6 Å².